The Morgan fingerprint density at radius 2 is 2.23 bits per heavy atom. The average molecular weight is 175 g/mol. The maximum atomic E-state index is 5.30. The standard InChI is InChI=1S/C10H13N3/c1-3-10(4-2)13-7-9-5-11-8-12-6-9/h1,5-6,8,10,13H,4,7H2,2H3. The average Bonchev–Trinajstić information content (AvgIpc) is 2.21. The van der Waals surface area contributed by atoms with Gasteiger partial charge in [0.05, 0.1) is 6.04 Å². The molecule has 1 rings (SSSR count). The third-order valence-electron chi connectivity index (χ3n) is 1.78. The topological polar surface area (TPSA) is 37.8 Å². The number of terminal acetylenes is 1. The molecule has 1 aromatic heterocycles. The first-order valence-electron chi connectivity index (χ1n) is 4.30. The molecule has 0 bridgehead atoms. The van der Waals surface area contributed by atoms with Gasteiger partial charge in [-0.25, -0.2) is 9.97 Å². The quantitative estimate of drug-likeness (QED) is 0.693. The van der Waals surface area contributed by atoms with E-state index in [2.05, 4.69) is 28.1 Å². The van der Waals surface area contributed by atoms with Crippen LogP contribution in [0.1, 0.15) is 18.9 Å². The molecule has 0 aliphatic heterocycles. The second kappa shape index (κ2) is 5.28. The lowest BCUT2D eigenvalue weighted by Gasteiger charge is -2.09. The van der Waals surface area contributed by atoms with Crippen molar-refractivity contribution in [3.8, 4) is 12.3 Å². The Balaban J connectivity index is 2.40. The van der Waals surface area contributed by atoms with Crippen LogP contribution in [0.2, 0.25) is 0 Å². The van der Waals surface area contributed by atoms with Crippen molar-refractivity contribution >= 4 is 0 Å². The third-order valence-corrected chi connectivity index (χ3v) is 1.78. The van der Waals surface area contributed by atoms with Crippen LogP contribution in [-0.4, -0.2) is 16.0 Å². The van der Waals surface area contributed by atoms with Crippen molar-refractivity contribution in [2.75, 3.05) is 0 Å². The number of aromatic nitrogens is 2. The van der Waals surface area contributed by atoms with E-state index in [-0.39, 0.29) is 6.04 Å². The zero-order valence-corrected chi connectivity index (χ0v) is 7.70. The fraction of sp³-hybridized carbons (Fsp3) is 0.400. The van der Waals surface area contributed by atoms with Gasteiger partial charge >= 0.3 is 0 Å². The Kier molecular flexibility index (Phi) is 3.94. The van der Waals surface area contributed by atoms with Crippen LogP contribution in [-0.2, 0) is 6.54 Å². The first-order valence-corrected chi connectivity index (χ1v) is 4.30. The number of nitrogens with one attached hydrogen (secondary N) is 1. The minimum atomic E-state index is 0.139. The number of rotatable bonds is 4. The SMILES string of the molecule is C#CC(CC)NCc1cncnc1. The highest BCUT2D eigenvalue weighted by Gasteiger charge is 1.99. The van der Waals surface area contributed by atoms with Gasteiger partial charge in [0.1, 0.15) is 6.33 Å². The Bertz CT molecular complexity index is 276. The van der Waals surface area contributed by atoms with E-state index < -0.39 is 0 Å². The second-order valence-corrected chi connectivity index (χ2v) is 2.76. The molecule has 3 nitrogen and oxygen atoms in total. The third kappa shape index (κ3) is 3.22. The first kappa shape index (κ1) is 9.69. The molecular weight excluding hydrogens is 162 g/mol. The normalized spacial score (nSPS) is 12.0. The van der Waals surface area contributed by atoms with Crippen LogP contribution in [0.4, 0.5) is 0 Å². The molecule has 0 saturated carbocycles. The summed E-state index contributed by atoms with van der Waals surface area (Å²) >= 11 is 0. The molecule has 0 fully saturated rings. The summed E-state index contributed by atoms with van der Waals surface area (Å²) in [5, 5.41) is 3.22. The molecule has 0 spiro atoms. The van der Waals surface area contributed by atoms with Gasteiger partial charge < -0.3 is 0 Å². The Morgan fingerprint density at radius 3 is 2.77 bits per heavy atom. The van der Waals surface area contributed by atoms with E-state index in [0.717, 1.165) is 18.5 Å². The van der Waals surface area contributed by atoms with Gasteiger partial charge in [0.2, 0.25) is 0 Å². The molecule has 0 aromatic carbocycles. The van der Waals surface area contributed by atoms with Gasteiger partial charge in [0.15, 0.2) is 0 Å². The number of hydrogen-bond donors (Lipinski definition) is 1. The van der Waals surface area contributed by atoms with Gasteiger partial charge in [-0.2, -0.15) is 0 Å². The zero-order valence-electron chi connectivity index (χ0n) is 7.70. The highest BCUT2D eigenvalue weighted by molar-refractivity contribution is 5.04. The van der Waals surface area contributed by atoms with E-state index in [1.165, 1.54) is 6.33 Å². The van der Waals surface area contributed by atoms with Crippen LogP contribution in [0, 0.1) is 12.3 Å². The van der Waals surface area contributed by atoms with Crippen molar-refractivity contribution in [2.24, 2.45) is 0 Å². The lowest BCUT2D eigenvalue weighted by atomic mass is 10.2. The van der Waals surface area contributed by atoms with Gasteiger partial charge in [0, 0.05) is 24.5 Å². The van der Waals surface area contributed by atoms with Crippen molar-refractivity contribution in [1.82, 2.24) is 15.3 Å². The fourth-order valence-electron chi connectivity index (χ4n) is 0.983. The second-order valence-electron chi connectivity index (χ2n) is 2.76. The van der Waals surface area contributed by atoms with Crippen LogP contribution in [0.3, 0.4) is 0 Å². The summed E-state index contributed by atoms with van der Waals surface area (Å²) in [6.07, 6.45) is 11.3. The Labute approximate surface area is 78.6 Å². The first-order chi connectivity index (χ1) is 6.36. The molecule has 0 aliphatic rings. The molecule has 1 atom stereocenters. The van der Waals surface area contributed by atoms with Crippen molar-refractivity contribution in [3.63, 3.8) is 0 Å². The van der Waals surface area contributed by atoms with Gasteiger partial charge in [-0.3, -0.25) is 5.32 Å². The predicted octanol–water partition coefficient (Wildman–Crippen LogP) is 0.978. The summed E-state index contributed by atoms with van der Waals surface area (Å²) in [4.78, 5) is 7.82. The van der Waals surface area contributed by atoms with Crippen molar-refractivity contribution in [1.29, 1.82) is 0 Å². The largest absolute Gasteiger partial charge is 0.299 e. The van der Waals surface area contributed by atoms with Crippen LogP contribution < -0.4 is 5.32 Å². The fourth-order valence-corrected chi connectivity index (χ4v) is 0.983. The number of nitrogens with zero attached hydrogens (tertiary/aromatic N) is 2. The van der Waals surface area contributed by atoms with E-state index in [1.807, 2.05) is 0 Å². The van der Waals surface area contributed by atoms with Gasteiger partial charge in [-0.15, -0.1) is 6.42 Å². The summed E-state index contributed by atoms with van der Waals surface area (Å²) in [5.74, 6) is 2.67. The van der Waals surface area contributed by atoms with Gasteiger partial charge in [0.25, 0.3) is 0 Å². The van der Waals surface area contributed by atoms with Gasteiger partial charge in [-0.05, 0) is 6.42 Å². The molecule has 3 heteroatoms. The lowest BCUT2D eigenvalue weighted by Crippen LogP contribution is -2.26. The molecule has 1 heterocycles. The van der Waals surface area contributed by atoms with E-state index >= 15 is 0 Å². The van der Waals surface area contributed by atoms with Crippen LogP contribution in [0.5, 0.6) is 0 Å². The molecule has 1 N–H and O–H groups in total. The summed E-state index contributed by atoms with van der Waals surface area (Å²) in [6, 6.07) is 0.139. The molecule has 0 saturated heterocycles. The molecule has 0 radical (unpaired) electrons. The highest BCUT2D eigenvalue weighted by Crippen LogP contribution is 1.94. The van der Waals surface area contributed by atoms with Crippen molar-refractivity contribution in [3.05, 3.63) is 24.3 Å². The molecule has 0 aliphatic carbocycles. The van der Waals surface area contributed by atoms with Crippen molar-refractivity contribution < 1.29 is 0 Å². The molecule has 13 heavy (non-hydrogen) atoms. The van der Waals surface area contributed by atoms with Crippen LogP contribution in [0.15, 0.2) is 18.7 Å². The Hall–Kier alpha value is -1.40. The van der Waals surface area contributed by atoms with Crippen LogP contribution >= 0.6 is 0 Å². The van der Waals surface area contributed by atoms with Gasteiger partial charge in [-0.1, -0.05) is 12.8 Å². The minimum Gasteiger partial charge on any atom is -0.299 e. The summed E-state index contributed by atoms with van der Waals surface area (Å²) in [6.45, 7) is 2.78. The monoisotopic (exact) mass is 175 g/mol. The smallest absolute Gasteiger partial charge is 0.115 e. The molecule has 1 aromatic rings. The lowest BCUT2D eigenvalue weighted by molar-refractivity contribution is 0.590. The molecular formula is C10H13N3. The molecule has 68 valence electrons. The van der Waals surface area contributed by atoms with E-state index in [1.54, 1.807) is 12.4 Å². The molecule has 1 unspecified atom stereocenters. The predicted molar refractivity (Wildman–Crippen MR) is 51.8 cm³/mol. The highest BCUT2D eigenvalue weighted by atomic mass is 14.9. The Morgan fingerprint density at radius 1 is 1.54 bits per heavy atom. The minimum absolute atomic E-state index is 0.139. The van der Waals surface area contributed by atoms with E-state index in [0.29, 0.717) is 0 Å². The van der Waals surface area contributed by atoms with Crippen LogP contribution in [0.25, 0.3) is 0 Å². The zero-order chi connectivity index (χ0) is 9.52. The summed E-state index contributed by atoms with van der Waals surface area (Å²) in [7, 11) is 0. The van der Waals surface area contributed by atoms with E-state index in [4.69, 9.17) is 6.42 Å². The maximum Gasteiger partial charge on any atom is 0.115 e. The molecule has 0 amide bonds. The van der Waals surface area contributed by atoms with E-state index in [9.17, 15) is 0 Å². The maximum absolute atomic E-state index is 5.30. The van der Waals surface area contributed by atoms with Crippen molar-refractivity contribution in [2.45, 2.75) is 25.9 Å². The summed E-state index contributed by atoms with van der Waals surface area (Å²) in [5.41, 5.74) is 1.05. The number of hydrogen-bond acceptors (Lipinski definition) is 3. The summed E-state index contributed by atoms with van der Waals surface area (Å²) < 4.78 is 0.